The van der Waals surface area contributed by atoms with Crippen molar-refractivity contribution in [1.82, 2.24) is 34.5 Å². The summed E-state index contributed by atoms with van der Waals surface area (Å²) in [6.45, 7) is 5.02. The number of ketones is 1. The molecule has 0 saturated heterocycles. The lowest BCUT2D eigenvalue weighted by atomic mass is 10.2. The Bertz CT molecular complexity index is 1640. The number of hydrogen-bond donors (Lipinski definition) is 1. The number of pyridine rings is 1. The van der Waals surface area contributed by atoms with Crippen molar-refractivity contribution in [2.24, 2.45) is 0 Å². The summed E-state index contributed by atoms with van der Waals surface area (Å²) in [7, 11) is 0. The molecule has 0 radical (unpaired) electrons. The van der Waals surface area contributed by atoms with E-state index in [4.69, 9.17) is 0 Å². The summed E-state index contributed by atoms with van der Waals surface area (Å²) in [5.41, 5.74) is 3.15. The number of benzene rings is 1. The molecular weight excluding hydrogens is 449 g/mol. The molecule has 0 fully saturated rings. The number of rotatable bonds is 5. The molecule has 1 aromatic carbocycles. The maximum atomic E-state index is 14.8. The molecule has 0 atom stereocenters. The number of halogens is 1. The number of fused-ring (bicyclic) bond motifs is 1. The largest absolute Gasteiger partial charge is 0.336 e. The quantitative estimate of drug-likeness (QED) is 0.385. The highest BCUT2D eigenvalue weighted by molar-refractivity contribution is 5.97. The molecule has 35 heavy (non-hydrogen) atoms. The minimum absolute atomic E-state index is 0.194. The number of carbonyl (C=O) groups is 1. The fraction of sp³-hybridized carbons (Fsp3) is 0.125. The van der Waals surface area contributed by atoms with Gasteiger partial charge in [-0.15, -0.1) is 5.10 Å². The Hall–Kier alpha value is -4.98. The third kappa shape index (κ3) is 3.97. The SMILES string of the molecule is CC(=O)c1ccc(-n2cnc3cc(F)c(Nc4ccc(C)nn4)cc32)nc1-n1nc(C#N)cc1C. The van der Waals surface area contributed by atoms with Crippen molar-refractivity contribution in [3.05, 3.63) is 77.3 Å². The van der Waals surface area contributed by atoms with Gasteiger partial charge in [-0.05, 0) is 57.2 Å². The van der Waals surface area contributed by atoms with E-state index in [9.17, 15) is 14.4 Å². The summed E-state index contributed by atoms with van der Waals surface area (Å²) in [5, 5.41) is 24.4. The molecule has 5 rings (SSSR count). The molecule has 11 heteroatoms. The van der Waals surface area contributed by atoms with E-state index in [2.05, 4.69) is 30.6 Å². The molecule has 0 unspecified atom stereocenters. The Morgan fingerprint density at radius 3 is 2.63 bits per heavy atom. The van der Waals surface area contributed by atoms with Crippen LogP contribution in [0.1, 0.15) is 34.4 Å². The lowest BCUT2D eigenvalue weighted by Gasteiger charge is -2.12. The molecule has 1 N–H and O–H groups in total. The normalized spacial score (nSPS) is 10.9. The van der Waals surface area contributed by atoms with Crippen molar-refractivity contribution < 1.29 is 9.18 Å². The number of nitrogens with one attached hydrogen (secondary N) is 1. The fourth-order valence-electron chi connectivity index (χ4n) is 3.66. The van der Waals surface area contributed by atoms with Gasteiger partial charge in [0, 0.05) is 11.8 Å². The van der Waals surface area contributed by atoms with Crippen molar-refractivity contribution in [2.45, 2.75) is 20.8 Å². The van der Waals surface area contributed by atoms with Crippen LogP contribution in [0.2, 0.25) is 0 Å². The van der Waals surface area contributed by atoms with E-state index in [-0.39, 0.29) is 23.0 Å². The summed E-state index contributed by atoms with van der Waals surface area (Å²) in [6.07, 6.45) is 1.52. The molecule has 10 nitrogen and oxygen atoms in total. The number of nitriles is 1. The van der Waals surface area contributed by atoms with Crippen LogP contribution in [-0.2, 0) is 0 Å². The Labute approximate surface area is 198 Å². The summed E-state index contributed by atoms with van der Waals surface area (Å²) < 4.78 is 17.9. The van der Waals surface area contributed by atoms with Crippen molar-refractivity contribution in [3.63, 3.8) is 0 Å². The van der Waals surface area contributed by atoms with Crippen LogP contribution in [0.4, 0.5) is 15.9 Å². The van der Waals surface area contributed by atoms with E-state index in [1.807, 2.05) is 13.0 Å². The molecule has 0 aliphatic carbocycles. The van der Waals surface area contributed by atoms with E-state index in [1.54, 1.807) is 47.9 Å². The standard InChI is InChI=1S/C24H18FN9O/c1-13-4-6-22(31-30-13)28-19-10-21-20(9-18(19)25)27-12-33(21)23-7-5-17(15(3)35)24(29-23)34-14(2)8-16(11-26)32-34/h4-10,12H,1-3H3,(H,28,31). The number of aryl methyl sites for hydroxylation is 2. The van der Waals surface area contributed by atoms with Gasteiger partial charge in [0.05, 0.1) is 28.0 Å². The zero-order chi connectivity index (χ0) is 24.7. The minimum Gasteiger partial charge on any atom is -0.336 e. The van der Waals surface area contributed by atoms with Gasteiger partial charge in [-0.3, -0.25) is 9.36 Å². The van der Waals surface area contributed by atoms with Crippen LogP contribution in [0.5, 0.6) is 0 Å². The van der Waals surface area contributed by atoms with Crippen LogP contribution in [0, 0.1) is 31.0 Å². The van der Waals surface area contributed by atoms with Crippen LogP contribution < -0.4 is 5.32 Å². The summed E-state index contributed by atoms with van der Waals surface area (Å²) >= 11 is 0. The molecule has 0 aliphatic rings. The van der Waals surface area contributed by atoms with Crippen molar-refractivity contribution >= 4 is 28.3 Å². The summed E-state index contributed by atoms with van der Waals surface area (Å²) in [5.74, 6) is 0.422. The highest BCUT2D eigenvalue weighted by Gasteiger charge is 2.18. The third-order valence-electron chi connectivity index (χ3n) is 5.39. The van der Waals surface area contributed by atoms with Gasteiger partial charge in [0.25, 0.3) is 0 Å². The van der Waals surface area contributed by atoms with Gasteiger partial charge in [-0.1, -0.05) is 0 Å². The van der Waals surface area contributed by atoms with Crippen LogP contribution in [-0.4, -0.2) is 40.3 Å². The van der Waals surface area contributed by atoms with E-state index in [1.165, 1.54) is 24.0 Å². The molecule has 0 aliphatic heterocycles. The van der Waals surface area contributed by atoms with Gasteiger partial charge < -0.3 is 5.32 Å². The van der Waals surface area contributed by atoms with E-state index >= 15 is 0 Å². The second kappa shape index (κ2) is 8.42. The highest BCUT2D eigenvalue weighted by Crippen LogP contribution is 2.27. The van der Waals surface area contributed by atoms with Gasteiger partial charge >= 0.3 is 0 Å². The Morgan fingerprint density at radius 1 is 1.11 bits per heavy atom. The van der Waals surface area contributed by atoms with E-state index in [0.29, 0.717) is 33.9 Å². The first-order chi connectivity index (χ1) is 16.8. The molecule has 0 amide bonds. The third-order valence-corrected chi connectivity index (χ3v) is 5.39. The molecular formula is C24H18FN9O. The topological polar surface area (TPSA) is 127 Å². The maximum Gasteiger partial charge on any atom is 0.166 e. The van der Waals surface area contributed by atoms with Gasteiger partial charge in [0.15, 0.2) is 23.1 Å². The molecule has 4 heterocycles. The average Bonchev–Trinajstić information content (AvgIpc) is 3.43. The zero-order valence-electron chi connectivity index (χ0n) is 19.0. The fourth-order valence-corrected chi connectivity index (χ4v) is 3.66. The second-order valence-electron chi connectivity index (χ2n) is 7.91. The number of aromatic nitrogens is 7. The number of Topliss-reactive ketones (excluding diaryl/α,β-unsaturated/α-hetero) is 1. The van der Waals surface area contributed by atoms with Crippen LogP contribution >= 0.6 is 0 Å². The highest BCUT2D eigenvalue weighted by atomic mass is 19.1. The van der Waals surface area contributed by atoms with Crippen molar-refractivity contribution in [3.8, 4) is 17.7 Å². The van der Waals surface area contributed by atoms with Crippen LogP contribution in [0.15, 0.2) is 48.8 Å². The smallest absolute Gasteiger partial charge is 0.166 e. The minimum atomic E-state index is -0.498. The predicted octanol–water partition coefficient (Wildman–Crippen LogP) is 3.97. The maximum absolute atomic E-state index is 14.8. The monoisotopic (exact) mass is 467 g/mol. The summed E-state index contributed by atoms with van der Waals surface area (Å²) in [4.78, 5) is 21.3. The number of imidazole rings is 1. The van der Waals surface area contributed by atoms with Crippen LogP contribution in [0.25, 0.3) is 22.7 Å². The Kier molecular flexibility index (Phi) is 5.25. The van der Waals surface area contributed by atoms with E-state index in [0.717, 1.165) is 5.69 Å². The van der Waals surface area contributed by atoms with Gasteiger partial charge in [0.1, 0.15) is 24.0 Å². The van der Waals surface area contributed by atoms with Crippen molar-refractivity contribution in [1.29, 1.82) is 5.26 Å². The first-order valence-electron chi connectivity index (χ1n) is 10.6. The number of nitrogens with zero attached hydrogens (tertiary/aromatic N) is 8. The molecule has 172 valence electrons. The lowest BCUT2D eigenvalue weighted by Crippen LogP contribution is -2.11. The zero-order valence-corrected chi connectivity index (χ0v) is 19.0. The molecule has 0 saturated carbocycles. The molecule has 0 bridgehead atoms. The average molecular weight is 467 g/mol. The number of hydrogen-bond acceptors (Lipinski definition) is 8. The van der Waals surface area contributed by atoms with Gasteiger partial charge in [-0.2, -0.15) is 15.5 Å². The van der Waals surface area contributed by atoms with E-state index < -0.39 is 5.82 Å². The Balaban J connectivity index is 1.63. The Morgan fingerprint density at radius 2 is 1.94 bits per heavy atom. The number of anilines is 2. The lowest BCUT2D eigenvalue weighted by molar-refractivity contribution is 0.101. The van der Waals surface area contributed by atoms with Gasteiger partial charge in [0.2, 0.25) is 0 Å². The summed E-state index contributed by atoms with van der Waals surface area (Å²) in [6, 6.07) is 13.3. The number of carbonyl (C=O) groups excluding carboxylic acids is 1. The molecule has 0 spiro atoms. The first kappa shape index (κ1) is 21.8. The molecule has 4 aromatic heterocycles. The van der Waals surface area contributed by atoms with Crippen molar-refractivity contribution in [2.75, 3.05) is 5.32 Å². The van der Waals surface area contributed by atoms with Gasteiger partial charge in [-0.25, -0.2) is 19.0 Å². The molecule has 5 aromatic rings. The first-order valence-corrected chi connectivity index (χ1v) is 10.6. The second-order valence-corrected chi connectivity index (χ2v) is 7.91. The predicted molar refractivity (Wildman–Crippen MR) is 125 cm³/mol. The van der Waals surface area contributed by atoms with Crippen LogP contribution in [0.3, 0.4) is 0 Å².